The van der Waals surface area contributed by atoms with Gasteiger partial charge in [-0.15, -0.1) is 11.8 Å². The Morgan fingerprint density at radius 3 is 3.00 bits per heavy atom. The van der Waals surface area contributed by atoms with E-state index >= 15 is 0 Å². The summed E-state index contributed by atoms with van der Waals surface area (Å²) >= 11 is 2.00. The molecule has 0 amide bonds. The molecule has 0 aliphatic heterocycles. The minimum absolute atomic E-state index is 0.400. The summed E-state index contributed by atoms with van der Waals surface area (Å²) < 4.78 is 0. The highest BCUT2D eigenvalue weighted by Gasteiger charge is 2.19. The van der Waals surface area contributed by atoms with Crippen molar-refractivity contribution in [1.82, 2.24) is 5.32 Å². The van der Waals surface area contributed by atoms with E-state index in [0.29, 0.717) is 11.3 Å². The van der Waals surface area contributed by atoms with E-state index < -0.39 is 0 Å². The van der Waals surface area contributed by atoms with E-state index in [4.69, 9.17) is 0 Å². The van der Waals surface area contributed by atoms with E-state index in [2.05, 4.69) is 47.6 Å². The summed E-state index contributed by atoms with van der Waals surface area (Å²) in [5, 5.41) is 3.91. The molecule has 2 aliphatic carbocycles. The molecule has 2 aliphatic rings. The Labute approximate surface area is 114 Å². The molecular formula is C15H22N2S. The lowest BCUT2D eigenvalue weighted by Gasteiger charge is -2.25. The number of nitrogens with one attached hydrogen (secondary N) is 1. The van der Waals surface area contributed by atoms with Gasteiger partial charge in [-0.1, -0.05) is 37.3 Å². The highest BCUT2D eigenvalue weighted by atomic mass is 32.2. The number of rotatable bonds is 4. The first-order chi connectivity index (χ1) is 8.79. The Bertz CT molecular complexity index is 382. The second-order valence-corrected chi connectivity index (χ2v) is 6.18. The Balaban J connectivity index is 1.85. The Hall–Kier alpha value is -0.960. The Morgan fingerprint density at radius 2 is 2.33 bits per heavy atom. The summed E-state index contributed by atoms with van der Waals surface area (Å²) in [5.41, 5.74) is 0. The highest BCUT2D eigenvalue weighted by molar-refractivity contribution is 8.04. The number of aliphatic imine (C=N–C) groups is 1. The normalized spacial score (nSPS) is 31.7. The van der Waals surface area contributed by atoms with Crippen LogP contribution in [-0.2, 0) is 0 Å². The van der Waals surface area contributed by atoms with Crippen molar-refractivity contribution in [2.45, 2.75) is 37.5 Å². The van der Waals surface area contributed by atoms with Crippen LogP contribution in [0.25, 0.3) is 0 Å². The maximum atomic E-state index is 3.95. The largest absolute Gasteiger partial charge is 0.370 e. The molecule has 2 rings (SSSR count). The molecule has 0 saturated heterocycles. The van der Waals surface area contributed by atoms with Gasteiger partial charge in [0.05, 0.1) is 6.34 Å². The molecule has 3 heteroatoms. The molecule has 0 heterocycles. The van der Waals surface area contributed by atoms with Crippen LogP contribution >= 0.6 is 11.8 Å². The van der Waals surface area contributed by atoms with Gasteiger partial charge in [0, 0.05) is 23.2 Å². The quantitative estimate of drug-likeness (QED) is 0.476. The van der Waals surface area contributed by atoms with Crippen molar-refractivity contribution >= 4 is 18.1 Å². The van der Waals surface area contributed by atoms with Gasteiger partial charge in [0.15, 0.2) is 0 Å². The third kappa shape index (κ3) is 3.77. The first-order valence-electron chi connectivity index (χ1n) is 6.68. The number of allylic oxidation sites excluding steroid dienone is 2. The Kier molecular flexibility index (Phi) is 5.12. The van der Waals surface area contributed by atoms with Crippen molar-refractivity contribution < 1.29 is 0 Å². The highest BCUT2D eigenvalue weighted by Crippen LogP contribution is 2.35. The monoisotopic (exact) mass is 262 g/mol. The number of thioether (sulfide) groups is 1. The first kappa shape index (κ1) is 13.5. The summed E-state index contributed by atoms with van der Waals surface area (Å²) in [6, 6.07) is 0.400. The molecule has 0 spiro atoms. The molecule has 2 nitrogen and oxygen atoms in total. The van der Waals surface area contributed by atoms with Crippen molar-refractivity contribution in [2.75, 3.05) is 7.05 Å². The maximum absolute atomic E-state index is 3.95. The molecular weight excluding hydrogens is 240 g/mol. The zero-order valence-corrected chi connectivity index (χ0v) is 12.0. The van der Waals surface area contributed by atoms with Gasteiger partial charge < -0.3 is 5.32 Å². The molecule has 18 heavy (non-hydrogen) atoms. The molecule has 0 saturated carbocycles. The number of hydrogen-bond donors (Lipinski definition) is 1. The smallest absolute Gasteiger partial charge is 0.0825 e. The van der Waals surface area contributed by atoms with E-state index in [9.17, 15) is 0 Å². The van der Waals surface area contributed by atoms with Crippen LogP contribution in [0.4, 0.5) is 0 Å². The topological polar surface area (TPSA) is 24.4 Å². The van der Waals surface area contributed by atoms with E-state index in [1.54, 1.807) is 13.4 Å². The molecule has 0 aromatic heterocycles. The lowest BCUT2D eigenvalue weighted by molar-refractivity contribution is 0.539. The number of hydrogen-bond acceptors (Lipinski definition) is 2. The SMILES string of the molecule is CN=CNC1C=CC(SC2C=CCCC2C)=CC1. The Morgan fingerprint density at radius 1 is 1.44 bits per heavy atom. The van der Waals surface area contributed by atoms with Crippen LogP contribution in [0.5, 0.6) is 0 Å². The lowest BCUT2D eigenvalue weighted by atomic mass is 9.96. The molecule has 0 radical (unpaired) electrons. The van der Waals surface area contributed by atoms with Gasteiger partial charge in [0.2, 0.25) is 0 Å². The van der Waals surface area contributed by atoms with Crippen LogP contribution in [0, 0.1) is 5.92 Å². The van der Waals surface area contributed by atoms with Crippen LogP contribution in [-0.4, -0.2) is 24.7 Å². The average molecular weight is 262 g/mol. The minimum Gasteiger partial charge on any atom is -0.370 e. The summed E-state index contributed by atoms with van der Waals surface area (Å²) in [6.07, 6.45) is 16.9. The van der Waals surface area contributed by atoms with E-state index in [1.807, 2.05) is 11.8 Å². The predicted molar refractivity (Wildman–Crippen MR) is 82.1 cm³/mol. The lowest BCUT2D eigenvalue weighted by Crippen LogP contribution is -2.26. The first-order valence-corrected chi connectivity index (χ1v) is 7.56. The summed E-state index contributed by atoms with van der Waals surface area (Å²) in [7, 11) is 1.79. The minimum atomic E-state index is 0.400. The van der Waals surface area contributed by atoms with Gasteiger partial charge in [-0.05, 0) is 25.2 Å². The maximum Gasteiger partial charge on any atom is 0.0825 e. The van der Waals surface area contributed by atoms with E-state index in [-0.39, 0.29) is 0 Å². The fourth-order valence-electron chi connectivity index (χ4n) is 2.24. The average Bonchev–Trinajstić information content (AvgIpc) is 2.41. The van der Waals surface area contributed by atoms with Gasteiger partial charge in [-0.2, -0.15) is 0 Å². The van der Waals surface area contributed by atoms with Crippen molar-refractivity contribution in [3.63, 3.8) is 0 Å². The molecule has 3 atom stereocenters. The van der Waals surface area contributed by atoms with Crippen LogP contribution in [0.2, 0.25) is 0 Å². The van der Waals surface area contributed by atoms with Gasteiger partial charge >= 0.3 is 0 Å². The molecule has 98 valence electrons. The molecule has 3 unspecified atom stereocenters. The summed E-state index contributed by atoms with van der Waals surface area (Å²) in [6.45, 7) is 2.36. The molecule has 0 aromatic rings. The third-order valence-corrected chi connectivity index (χ3v) is 4.90. The zero-order chi connectivity index (χ0) is 12.8. The molecule has 0 aromatic carbocycles. The van der Waals surface area contributed by atoms with Crippen LogP contribution in [0.3, 0.4) is 0 Å². The predicted octanol–water partition coefficient (Wildman–Crippen LogP) is 3.53. The van der Waals surface area contributed by atoms with Gasteiger partial charge in [-0.25, -0.2) is 0 Å². The molecule has 0 fully saturated rings. The van der Waals surface area contributed by atoms with Gasteiger partial charge in [0.1, 0.15) is 0 Å². The molecule has 1 N–H and O–H groups in total. The summed E-state index contributed by atoms with van der Waals surface area (Å²) in [4.78, 5) is 5.35. The fourth-order valence-corrected chi connectivity index (χ4v) is 3.46. The zero-order valence-electron chi connectivity index (χ0n) is 11.2. The van der Waals surface area contributed by atoms with Crippen molar-refractivity contribution in [3.05, 3.63) is 35.3 Å². The van der Waals surface area contributed by atoms with Crippen LogP contribution in [0.1, 0.15) is 26.2 Å². The van der Waals surface area contributed by atoms with Crippen molar-refractivity contribution in [3.8, 4) is 0 Å². The van der Waals surface area contributed by atoms with Crippen molar-refractivity contribution in [1.29, 1.82) is 0 Å². The molecule has 0 bridgehead atoms. The van der Waals surface area contributed by atoms with E-state index in [0.717, 1.165) is 12.3 Å². The van der Waals surface area contributed by atoms with Crippen molar-refractivity contribution in [2.24, 2.45) is 10.9 Å². The van der Waals surface area contributed by atoms with Gasteiger partial charge in [-0.3, -0.25) is 4.99 Å². The number of nitrogens with zero attached hydrogens (tertiary/aromatic N) is 1. The fraction of sp³-hybridized carbons (Fsp3) is 0.533. The van der Waals surface area contributed by atoms with E-state index in [1.165, 1.54) is 17.7 Å². The third-order valence-electron chi connectivity index (χ3n) is 3.43. The second kappa shape index (κ2) is 6.83. The van der Waals surface area contributed by atoms with Crippen LogP contribution < -0.4 is 5.32 Å². The second-order valence-electron chi connectivity index (χ2n) is 4.93. The van der Waals surface area contributed by atoms with Gasteiger partial charge in [0.25, 0.3) is 0 Å². The summed E-state index contributed by atoms with van der Waals surface area (Å²) in [5.74, 6) is 0.789. The standard InChI is InChI=1S/C15H22N2S/c1-12-5-3-4-6-15(12)18-14-9-7-13(8-10-14)17-11-16-2/h4,6-7,9-13,15H,3,5,8H2,1-2H3,(H,16,17). The van der Waals surface area contributed by atoms with Crippen LogP contribution in [0.15, 0.2) is 40.3 Å².